The third-order valence-electron chi connectivity index (χ3n) is 3.77. The second-order valence-electron chi connectivity index (χ2n) is 5.82. The van der Waals surface area contributed by atoms with Gasteiger partial charge in [0.15, 0.2) is 5.43 Å². The SMILES string of the molecule is CN(C)c1cc2sc3cc(N(C)C)c(F)cc3c(=O)c2cc1F. The Labute approximate surface area is 136 Å². The van der Waals surface area contributed by atoms with Crippen molar-refractivity contribution < 1.29 is 8.78 Å². The molecule has 0 fully saturated rings. The molecule has 0 aliphatic heterocycles. The lowest BCUT2D eigenvalue weighted by Gasteiger charge is -2.16. The molecule has 0 aliphatic carbocycles. The summed E-state index contributed by atoms with van der Waals surface area (Å²) in [5, 5.41) is 0.560. The number of fused-ring (bicyclic) bond motifs is 2. The molecule has 0 bridgehead atoms. The van der Waals surface area contributed by atoms with Crippen molar-refractivity contribution in [2.75, 3.05) is 38.0 Å². The third kappa shape index (κ3) is 2.53. The molecule has 3 rings (SSSR count). The molecule has 120 valence electrons. The summed E-state index contributed by atoms with van der Waals surface area (Å²) in [6.07, 6.45) is 0. The van der Waals surface area contributed by atoms with Gasteiger partial charge >= 0.3 is 0 Å². The molecule has 3 aromatic rings. The van der Waals surface area contributed by atoms with Gasteiger partial charge in [-0.25, -0.2) is 8.78 Å². The van der Waals surface area contributed by atoms with E-state index in [2.05, 4.69) is 0 Å². The van der Waals surface area contributed by atoms with Crippen LogP contribution in [0.1, 0.15) is 0 Å². The summed E-state index contributed by atoms with van der Waals surface area (Å²) in [6.45, 7) is 0. The predicted molar refractivity (Wildman–Crippen MR) is 94.2 cm³/mol. The zero-order valence-electron chi connectivity index (χ0n) is 13.3. The highest BCUT2D eigenvalue weighted by molar-refractivity contribution is 7.24. The lowest BCUT2D eigenvalue weighted by Crippen LogP contribution is -2.12. The van der Waals surface area contributed by atoms with Gasteiger partial charge < -0.3 is 9.80 Å². The first kappa shape index (κ1) is 15.7. The monoisotopic (exact) mass is 334 g/mol. The number of halogens is 2. The van der Waals surface area contributed by atoms with Crippen molar-refractivity contribution in [3.05, 3.63) is 46.1 Å². The highest BCUT2D eigenvalue weighted by atomic mass is 32.1. The highest BCUT2D eigenvalue weighted by Crippen LogP contribution is 2.32. The molecule has 0 saturated carbocycles. The predicted octanol–water partition coefficient (Wildman–Crippen LogP) is 3.82. The van der Waals surface area contributed by atoms with Crippen LogP contribution >= 0.6 is 11.3 Å². The van der Waals surface area contributed by atoms with Gasteiger partial charge in [0, 0.05) is 48.4 Å². The van der Waals surface area contributed by atoms with Crippen LogP contribution in [0.5, 0.6) is 0 Å². The van der Waals surface area contributed by atoms with Gasteiger partial charge in [-0.15, -0.1) is 11.3 Å². The molecule has 3 nitrogen and oxygen atoms in total. The van der Waals surface area contributed by atoms with E-state index < -0.39 is 11.6 Å². The Hall–Kier alpha value is -2.21. The third-order valence-corrected chi connectivity index (χ3v) is 4.89. The fraction of sp³-hybridized carbons (Fsp3) is 0.235. The molecule has 0 amide bonds. The average molecular weight is 334 g/mol. The van der Waals surface area contributed by atoms with Crippen molar-refractivity contribution in [2.24, 2.45) is 0 Å². The Morgan fingerprint density at radius 2 is 1.17 bits per heavy atom. The summed E-state index contributed by atoms with van der Waals surface area (Å²) in [5.41, 5.74) is 0.493. The molecule has 0 spiro atoms. The average Bonchev–Trinajstić information content (AvgIpc) is 2.47. The van der Waals surface area contributed by atoms with Crippen molar-refractivity contribution in [3.63, 3.8) is 0 Å². The number of benzene rings is 2. The van der Waals surface area contributed by atoms with E-state index in [0.29, 0.717) is 20.8 Å². The van der Waals surface area contributed by atoms with Gasteiger partial charge in [-0.05, 0) is 24.3 Å². The molecule has 0 radical (unpaired) electrons. The Morgan fingerprint density at radius 3 is 1.52 bits per heavy atom. The number of hydrogen-bond acceptors (Lipinski definition) is 4. The number of rotatable bonds is 2. The zero-order valence-corrected chi connectivity index (χ0v) is 14.1. The van der Waals surface area contributed by atoms with E-state index in [9.17, 15) is 13.6 Å². The zero-order chi connectivity index (χ0) is 16.9. The van der Waals surface area contributed by atoms with E-state index in [-0.39, 0.29) is 16.2 Å². The van der Waals surface area contributed by atoms with Crippen LogP contribution < -0.4 is 15.2 Å². The molecule has 1 aromatic heterocycles. The Morgan fingerprint density at radius 1 is 0.783 bits per heavy atom. The minimum Gasteiger partial charge on any atom is -0.375 e. The first-order valence-corrected chi connectivity index (χ1v) is 7.85. The van der Waals surface area contributed by atoms with E-state index in [1.165, 1.54) is 23.5 Å². The van der Waals surface area contributed by atoms with Crippen molar-refractivity contribution in [3.8, 4) is 0 Å². The maximum atomic E-state index is 14.1. The minimum atomic E-state index is -0.462. The van der Waals surface area contributed by atoms with E-state index in [0.717, 1.165) is 0 Å². The van der Waals surface area contributed by atoms with Gasteiger partial charge in [0.05, 0.1) is 11.4 Å². The number of hydrogen-bond donors (Lipinski definition) is 0. The van der Waals surface area contributed by atoms with Crippen molar-refractivity contribution in [1.29, 1.82) is 0 Å². The summed E-state index contributed by atoms with van der Waals surface area (Å²) in [6, 6.07) is 5.80. The van der Waals surface area contributed by atoms with Crippen molar-refractivity contribution in [1.82, 2.24) is 0 Å². The summed E-state index contributed by atoms with van der Waals surface area (Å²) >= 11 is 1.36. The van der Waals surface area contributed by atoms with E-state index in [1.54, 1.807) is 50.1 Å². The second kappa shape index (κ2) is 5.45. The number of anilines is 2. The van der Waals surface area contributed by atoms with Crippen LogP contribution in [0.2, 0.25) is 0 Å². The quantitative estimate of drug-likeness (QED) is 0.666. The second-order valence-corrected chi connectivity index (χ2v) is 6.90. The van der Waals surface area contributed by atoms with Gasteiger partial charge in [0.2, 0.25) is 0 Å². The Bertz CT molecular complexity index is 905. The van der Waals surface area contributed by atoms with E-state index in [4.69, 9.17) is 0 Å². The van der Waals surface area contributed by atoms with Crippen molar-refractivity contribution in [2.45, 2.75) is 0 Å². The van der Waals surface area contributed by atoms with Crippen LogP contribution in [0.15, 0.2) is 29.1 Å². The standard InChI is InChI=1S/C17H16F2N2OS/c1-20(2)13-7-15-9(5-11(13)18)17(22)10-6-12(19)14(21(3)4)8-16(10)23-15/h5-8H,1-4H3. The van der Waals surface area contributed by atoms with Crippen LogP contribution in [-0.4, -0.2) is 28.2 Å². The molecular formula is C17H16F2N2OS. The molecule has 6 heteroatoms. The fourth-order valence-corrected chi connectivity index (χ4v) is 3.66. The van der Waals surface area contributed by atoms with Gasteiger partial charge in [-0.1, -0.05) is 0 Å². The molecule has 0 N–H and O–H groups in total. The minimum absolute atomic E-state index is 0.280. The van der Waals surface area contributed by atoms with Crippen LogP contribution in [0.25, 0.3) is 20.2 Å². The Kier molecular flexibility index (Phi) is 3.72. The topological polar surface area (TPSA) is 23.6 Å². The summed E-state index contributed by atoms with van der Waals surface area (Å²) in [5.74, 6) is -0.923. The highest BCUT2D eigenvalue weighted by Gasteiger charge is 2.14. The maximum Gasteiger partial charge on any atom is 0.196 e. The van der Waals surface area contributed by atoms with Crippen LogP contribution in [0.3, 0.4) is 0 Å². The molecule has 0 saturated heterocycles. The lowest BCUT2D eigenvalue weighted by molar-refractivity contribution is 0.628. The first-order valence-electron chi connectivity index (χ1n) is 7.04. The Balaban J connectivity index is 2.43. The molecule has 2 aromatic carbocycles. The van der Waals surface area contributed by atoms with Crippen LogP contribution in [-0.2, 0) is 0 Å². The van der Waals surface area contributed by atoms with Gasteiger partial charge in [0.25, 0.3) is 0 Å². The first-order chi connectivity index (χ1) is 10.8. The fourth-order valence-electron chi connectivity index (χ4n) is 2.56. The molecule has 0 atom stereocenters. The molecule has 0 aliphatic rings. The smallest absolute Gasteiger partial charge is 0.196 e. The van der Waals surface area contributed by atoms with Crippen LogP contribution in [0.4, 0.5) is 20.2 Å². The van der Waals surface area contributed by atoms with E-state index in [1.807, 2.05) is 0 Å². The van der Waals surface area contributed by atoms with E-state index >= 15 is 0 Å². The maximum absolute atomic E-state index is 14.1. The molecular weight excluding hydrogens is 318 g/mol. The van der Waals surface area contributed by atoms with Gasteiger partial charge in [0.1, 0.15) is 11.6 Å². The summed E-state index contributed by atoms with van der Waals surface area (Å²) in [4.78, 5) is 15.9. The summed E-state index contributed by atoms with van der Waals surface area (Å²) < 4.78 is 29.7. The largest absolute Gasteiger partial charge is 0.375 e. The molecule has 0 unspecified atom stereocenters. The number of nitrogens with zero attached hydrogens (tertiary/aromatic N) is 2. The van der Waals surface area contributed by atoms with Crippen molar-refractivity contribution >= 4 is 42.9 Å². The van der Waals surface area contributed by atoms with Gasteiger partial charge in [-0.3, -0.25) is 4.79 Å². The molecule has 23 heavy (non-hydrogen) atoms. The molecule has 1 heterocycles. The summed E-state index contributed by atoms with van der Waals surface area (Å²) in [7, 11) is 6.97. The lowest BCUT2D eigenvalue weighted by atomic mass is 10.1. The normalized spacial score (nSPS) is 11.2. The van der Waals surface area contributed by atoms with Crippen LogP contribution in [0, 0.1) is 11.6 Å². The van der Waals surface area contributed by atoms with Gasteiger partial charge in [-0.2, -0.15) is 0 Å².